The second-order valence-electron chi connectivity index (χ2n) is 5.14. The van der Waals surface area contributed by atoms with Gasteiger partial charge in [0.15, 0.2) is 5.69 Å². The molecule has 0 aliphatic carbocycles. The highest BCUT2D eigenvalue weighted by Crippen LogP contribution is 2.15. The Labute approximate surface area is 148 Å². The van der Waals surface area contributed by atoms with Crippen LogP contribution in [-0.4, -0.2) is 27.0 Å². The zero-order valence-electron chi connectivity index (χ0n) is 13.0. The number of carbonyl (C=O) groups excluding carboxylic acids is 2. The standard InChI is InChI=1S/C17H14ClN5O2/c18-13-10-19-7-6-12(13)16(24)21-15-8-14(22-23-15)17(25)20-9-11-4-2-1-3-5-11/h1-8,10H,9H2,(H,20,25)(H2,21,22,23,24). The van der Waals surface area contributed by atoms with Crippen molar-refractivity contribution in [1.82, 2.24) is 20.5 Å². The molecule has 0 aliphatic rings. The maximum Gasteiger partial charge on any atom is 0.272 e. The fourth-order valence-electron chi connectivity index (χ4n) is 2.12. The third kappa shape index (κ3) is 4.21. The van der Waals surface area contributed by atoms with Crippen molar-refractivity contribution in [2.75, 3.05) is 5.32 Å². The van der Waals surface area contributed by atoms with Crippen molar-refractivity contribution in [2.45, 2.75) is 6.54 Å². The van der Waals surface area contributed by atoms with Crippen LogP contribution in [0.5, 0.6) is 0 Å². The molecule has 25 heavy (non-hydrogen) atoms. The molecule has 0 fully saturated rings. The van der Waals surface area contributed by atoms with Crippen molar-refractivity contribution >= 4 is 29.2 Å². The monoisotopic (exact) mass is 355 g/mol. The fraction of sp³-hybridized carbons (Fsp3) is 0.0588. The minimum Gasteiger partial charge on any atom is -0.347 e. The molecule has 3 rings (SSSR count). The molecule has 8 heteroatoms. The molecular weight excluding hydrogens is 342 g/mol. The molecule has 7 nitrogen and oxygen atoms in total. The van der Waals surface area contributed by atoms with E-state index < -0.39 is 5.91 Å². The van der Waals surface area contributed by atoms with Gasteiger partial charge in [-0.2, -0.15) is 5.10 Å². The lowest BCUT2D eigenvalue weighted by Gasteiger charge is -2.03. The van der Waals surface area contributed by atoms with Gasteiger partial charge in [0.05, 0.1) is 10.6 Å². The first-order chi connectivity index (χ1) is 12.1. The minimum atomic E-state index is -0.424. The molecule has 1 aromatic carbocycles. The molecule has 3 aromatic rings. The first-order valence-electron chi connectivity index (χ1n) is 7.42. The first-order valence-corrected chi connectivity index (χ1v) is 7.79. The lowest BCUT2D eigenvalue weighted by Crippen LogP contribution is -2.23. The molecular formula is C17H14ClN5O2. The van der Waals surface area contributed by atoms with E-state index in [2.05, 4.69) is 25.8 Å². The molecule has 0 atom stereocenters. The average molecular weight is 356 g/mol. The minimum absolute atomic E-state index is 0.173. The highest BCUT2D eigenvalue weighted by Gasteiger charge is 2.14. The number of hydrogen-bond donors (Lipinski definition) is 3. The molecule has 126 valence electrons. The molecule has 0 aliphatic heterocycles. The van der Waals surface area contributed by atoms with Gasteiger partial charge in [0, 0.05) is 25.0 Å². The largest absolute Gasteiger partial charge is 0.347 e. The molecule has 0 bridgehead atoms. The van der Waals surface area contributed by atoms with Gasteiger partial charge >= 0.3 is 0 Å². The molecule has 2 amide bonds. The van der Waals surface area contributed by atoms with Gasteiger partial charge in [-0.3, -0.25) is 19.7 Å². The maximum atomic E-state index is 12.2. The van der Waals surface area contributed by atoms with E-state index >= 15 is 0 Å². The lowest BCUT2D eigenvalue weighted by atomic mass is 10.2. The van der Waals surface area contributed by atoms with Gasteiger partial charge < -0.3 is 10.6 Å². The number of carbonyl (C=O) groups is 2. The fourth-order valence-corrected chi connectivity index (χ4v) is 2.32. The van der Waals surface area contributed by atoms with Crippen LogP contribution in [0.15, 0.2) is 54.9 Å². The zero-order valence-corrected chi connectivity index (χ0v) is 13.7. The molecule has 0 spiro atoms. The zero-order chi connectivity index (χ0) is 17.6. The molecule has 2 aromatic heterocycles. The van der Waals surface area contributed by atoms with E-state index in [4.69, 9.17) is 11.6 Å². The van der Waals surface area contributed by atoms with Crippen LogP contribution < -0.4 is 10.6 Å². The van der Waals surface area contributed by atoms with Crippen molar-refractivity contribution in [3.05, 3.63) is 76.7 Å². The SMILES string of the molecule is O=C(NCc1ccccc1)c1cc(NC(=O)c2ccncc2Cl)[nH]n1. The Balaban J connectivity index is 1.61. The summed E-state index contributed by atoms with van der Waals surface area (Å²) in [5.41, 5.74) is 1.43. The van der Waals surface area contributed by atoms with Crippen LogP contribution in [0.3, 0.4) is 0 Å². The van der Waals surface area contributed by atoms with Gasteiger partial charge in [0.2, 0.25) is 0 Å². The van der Waals surface area contributed by atoms with Crippen molar-refractivity contribution < 1.29 is 9.59 Å². The maximum absolute atomic E-state index is 12.2. The number of anilines is 1. The first kappa shape index (κ1) is 16.7. The van der Waals surface area contributed by atoms with Crippen LogP contribution in [0, 0.1) is 0 Å². The summed E-state index contributed by atoms with van der Waals surface area (Å²) in [6.45, 7) is 0.390. The van der Waals surface area contributed by atoms with Gasteiger partial charge in [-0.05, 0) is 11.6 Å². The predicted molar refractivity (Wildman–Crippen MR) is 93.4 cm³/mol. The number of amides is 2. The van der Waals surface area contributed by atoms with Crippen LogP contribution >= 0.6 is 11.6 Å². The molecule has 3 N–H and O–H groups in total. The van der Waals surface area contributed by atoms with E-state index in [1.807, 2.05) is 30.3 Å². The number of aromatic amines is 1. The molecule has 2 heterocycles. The quantitative estimate of drug-likeness (QED) is 0.655. The van der Waals surface area contributed by atoms with E-state index in [-0.39, 0.29) is 22.2 Å². The number of nitrogens with zero attached hydrogens (tertiary/aromatic N) is 2. The molecule has 0 unspecified atom stereocenters. The number of H-pyrrole nitrogens is 1. The van der Waals surface area contributed by atoms with E-state index in [9.17, 15) is 9.59 Å². The summed E-state index contributed by atoms with van der Waals surface area (Å²) in [6, 6.07) is 12.5. The number of rotatable bonds is 5. The smallest absolute Gasteiger partial charge is 0.272 e. The Morgan fingerprint density at radius 1 is 1.12 bits per heavy atom. The van der Waals surface area contributed by atoms with E-state index in [1.165, 1.54) is 24.5 Å². The third-order valence-corrected chi connectivity index (χ3v) is 3.67. The van der Waals surface area contributed by atoms with Crippen molar-refractivity contribution in [3.63, 3.8) is 0 Å². The number of pyridine rings is 1. The summed E-state index contributed by atoms with van der Waals surface area (Å²) in [6.07, 6.45) is 2.85. The summed E-state index contributed by atoms with van der Waals surface area (Å²) < 4.78 is 0. The third-order valence-electron chi connectivity index (χ3n) is 3.37. The van der Waals surface area contributed by atoms with Crippen LogP contribution in [0.2, 0.25) is 5.02 Å². The van der Waals surface area contributed by atoms with E-state index in [0.717, 1.165) is 5.56 Å². The number of hydrogen-bond acceptors (Lipinski definition) is 4. The number of benzene rings is 1. The predicted octanol–water partition coefficient (Wildman–Crippen LogP) is 2.64. The van der Waals surface area contributed by atoms with Crippen molar-refractivity contribution in [2.24, 2.45) is 0 Å². The highest BCUT2D eigenvalue weighted by molar-refractivity contribution is 6.34. The summed E-state index contributed by atoms with van der Waals surface area (Å²) in [4.78, 5) is 28.1. The van der Waals surface area contributed by atoms with E-state index in [0.29, 0.717) is 12.4 Å². The number of nitrogens with one attached hydrogen (secondary N) is 3. The van der Waals surface area contributed by atoms with Crippen LogP contribution in [0.1, 0.15) is 26.4 Å². The van der Waals surface area contributed by atoms with Crippen molar-refractivity contribution in [1.29, 1.82) is 0 Å². The summed E-state index contributed by atoms with van der Waals surface area (Å²) >= 11 is 5.93. The van der Waals surface area contributed by atoms with Crippen LogP contribution in [0.4, 0.5) is 5.82 Å². The van der Waals surface area contributed by atoms with Crippen molar-refractivity contribution in [3.8, 4) is 0 Å². The van der Waals surface area contributed by atoms with Crippen LogP contribution in [-0.2, 0) is 6.54 Å². The highest BCUT2D eigenvalue weighted by atomic mass is 35.5. The van der Waals surface area contributed by atoms with Gasteiger partial charge in [0.25, 0.3) is 11.8 Å². The lowest BCUT2D eigenvalue weighted by molar-refractivity contribution is 0.0945. The van der Waals surface area contributed by atoms with Gasteiger partial charge in [0.1, 0.15) is 5.82 Å². The number of aromatic nitrogens is 3. The normalized spacial score (nSPS) is 10.3. The van der Waals surface area contributed by atoms with E-state index in [1.54, 1.807) is 0 Å². The molecule has 0 saturated carbocycles. The second kappa shape index (κ2) is 7.59. The average Bonchev–Trinajstić information content (AvgIpc) is 3.09. The Hall–Kier alpha value is -3.19. The number of halogens is 1. The summed E-state index contributed by atoms with van der Waals surface area (Å²) in [7, 11) is 0. The Kier molecular flexibility index (Phi) is 5.06. The van der Waals surface area contributed by atoms with Gasteiger partial charge in [-0.1, -0.05) is 41.9 Å². The Morgan fingerprint density at radius 2 is 1.92 bits per heavy atom. The van der Waals surface area contributed by atoms with Gasteiger partial charge in [-0.25, -0.2) is 0 Å². The van der Waals surface area contributed by atoms with Crippen LogP contribution in [0.25, 0.3) is 0 Å². The Morgan fingerprint density at radius 3 is 2.68 bits per heavy atom. The summed E-state index contributed by atoms with van der Waals surface area (Å²) in [5.74, 6) is -0.474. The topological polar surface area (TPSA) is 99.8 Å². The molecule has 0 saturated heterocycles. The van der Waals surface area contributed by atoms with Gasteiger partial charge in [-0.15, -0.1) is 0 Å². The molecule has 0 radical (unpaired) electrons. The second-order valence-corrected chi connectivity index (χ2v) is 5.55. The summed E-state index contributed by atoms with van der Waals surface area (Å²) in [5, 5.41) is 12.1. The Bertz CT molecular complexity index is 895.